The van der Waals surface area contributed by atoms with Gasteiger partial charge in [-0.25, -0.2) is 26.9 Å². The van der Waals surface area contributed by atoms with E-state index >= 15 is 4.39 Å². The molecule has 0 radical (unpaired) electrons. The van der Waals surface area contributed by atoms with Crippen LogP contribution in [0.2, 0.25) is 25.7 Å². The van der Waals surface area contributed by atoms with E-state index in [1.165, 1.54) is 32.2 Å². The first-order chi connectivity index (χ1) is 17.3. The molecule has 1 aromatic rings. The molecule has 0 saturated carbocycles. The number of carbonyl (C=O) groups is 1. The topological polar surface area (TPSA) is 116 Å². The summed E-state index contributed by atoms with van der Waals surface area (Å²) in [6, 6.07) is 4.70. The Labute approximate surface area is 226 Å². The molecule has 2 heterocycles. The van der Waals surface area contributed by atoms with Crippen LogP contribution in [0.3, 0.4) is 0 Å². The van der Waals surface area contributed by atoms with Gasteiger partial charge in [-0.3, -0.25) is 5.32 Å². The van der Waals surface area contributed by atoms with Crippen LogP contribution in [-0.4, -0.2) is 77.4 Å². The van der Waals surface area contributed by atoms with E-state index in [4.69, 9.17) is 18.8 Å². The molecule has 1 N–H and O–H groups in total. The minimum Gasteiger partial charge on any atom is -0.399 e. The number of carbonyl (C=O) groups excluding carboxylic acids is 1. The van der Waals surface area contributed by atoms with Crippen LogP contribution < -0.4 is 10.8 Å². The number of hydrogen-bond donors (Lipinski definition) is 1. The Bertz CT molecular complexity index is 1190. The van der Waals surface area contributed by atoms with Crippen molar-refractivity contribution in [3.05, 3.63) is 29.6 Å². The van der Waals surface area contributed by atoms with Crippen molar-refractivity contribution in [2.24, 2.45) is 4.99 Å². The van der Waals surface area contributed by atoms with E-state index in [1.54, 1.807) is 0 Å². The Morgan fingerprint density at radius 2 is 1.79 bits per heavy atom. The van der Waals surface area contributed by atoms with Gasteiger partial charge in [-0.2, -0.15) is 0 Å². The molecule has 0 aromatic heterocycles. The zero-order valence-corrected chi connectivity index (χ0v) is 25.5. The molecular formula is C24H39BFN3O7SSi. The fourth-order valence-corrected chi connectivity index (χ4v) is 6.07. The normalized spacial score (nSPS) is 24.2. The number of sulfonamides is 1. The number of nitrogens with zero attached hydrogens (tertiary/aromatic N) is 2. The van der Waals surface area contributed by atoms with E-state index in [0.29, 0.717) is 12.1 Å². The minimum atomic E-state index is -4.00. The Hall–Kier alpha value is -2.00. The van der Waals surface area contributed by atoms with Crippen LogP contribution in [0.1, 0.15) is 40.2 Å². The lowest BCUT2D eigenvalue weighted by atomic mass is 9.76. The van der Waals surface area contributed by atoms with Crippen LogP contribution in [0, 0.1) is 5.82 Å². The third kappa shape index (κ3) is 6.76. The highest BCUT2D eigenvalue weighted by Gasteiger charge is 2.52. The molecule has 0 bridgehead atoms. The maximum atomic E-state index is 15.2. The fraction of sp³-hybridized carbons (Fsp3) is 0.667. The van der Waals surface area contributed by atoms with Crippen LogP contribution >= 0.6 is 0 Å². The lowest BCUT2D eigenvalue weighted by molar-refractivity contribution is 0.00578. The Morgan fingerprint density at radius 1 is 1.18 bits per heavy atom. The molecule has 14 heteroatoms. The zero-order valence-electron chi connectivity index (χ0n) is 23.7. The first-order valence-electron chi connectivity index (χ1n) is 12.5. The molecule has 0 aliphatic carbocycles. The molecule has 38 heavy (non-hydrogen) atoms. The van der Waals surface area contributed by atoms with Crippen molar-refractivity contribution < 1.29 is 36.4 Å². The number of hydrogen-bond acceptors (Lipinski definition) is 8. The number of amidine groups is 1. The Balaban J connectivity index is 1.83. The van der Waals surface area contributed by atoms with Gasteiger partial charge in [-0.15, -0.1) is 0 Å². The smallest absolute Gasteiger partial charge is 0.399 e. The molecule has 2 aliphatic rings. The molecule has 2 aliphatic heterocycles. The van der Waals surface area contributed by atoms with Crippen LogP contribution in [0.25, 0.3) is 0 Å². The summed E-state index contributed by atoms with van der Waals surface area (Å²) < 4.78 is 64.8. The summed E-state index contributed by atoms with van der Waals surface area (Å²) >= 11 is 0. The zero-order chi connectivity index (χ0) is 28.7. The SMILES string of the molecule is CN1C(OC(=O)NCOCC[Si](C)(C)C)=NC(C)(c2cc(B3OC(C)(C)C(C)(C)O3)ccc2F)CS1(=O)=O. The van der Waals surface area contributed by atoms with Gasteiger partial charge in [-0.05, 0) is 52.2 Å². The summed E-state index contributed by atoms with van der Waals surface area (Å²) in [4.78, 5) is 16.8. The summed E-state index contributed by atoms with van der Waals surface area (Å²) in [7, 11) is -4.84. The molecule has 3 rings (SSSR count). The molecule has 1 saturated heterocycles. The second-order valence-corrected chi connectivity index (χ2v) is 19.8. The number of alkyl carbamates (subject to hydrolysis) is 1. The van der Waals surface area contributed by atoms with E-state index in [9.17, 15) is 13.2 Å². The average Bonchev–Trinajstić information content (AvgIpc) is 2.97. The molecule has 212 valence electrons. The molecule has 1 amide bonds. The van der Waals surface area contributed by atoms with Crippen LogP contribution in [-0.2, 0) is 34.3 Å². The molecule has 1 unspecified atom stereocenters. The number of ether oxygens (including phenoxy) is 2. The number of nitrogens with one attached hydrogen (secondary N) is 1. The van der Waals surface area contributed by atoms with Crippen molar-refractivity contribution in [3.8, 4) is 0 Å². The van der Waals surface area contributed by atoms with Gasteiger partial charge in [0.2, 0.25) is 10.0 Å². The summed E-state index contributed by atoms with van der Waals surface area (Å²) in [5.41, 5.74) is -2.28. The standard InChI is InChI=1S/C24H39BFN3O7SSi/c1-22(2)23(3,4)36-25(35-22)17-10-11-19(26)18(14-17)24(5)15-37(31,32)29(6)20(28-24)34-21(30)27-16-33-12-13-38(7,8)9/h10-11,14H,12-13,15-16H2,1-9H3,(H,27,30). The maximum absolute atomic E-state index is 15.2. The van der Waals surface area contributed by atoms with Gasteiger partial charge < -0.3 is 18.8 Å². The molecular weight excluding hydrogens is 532 g/mol. The summed E-state index contributed by atoms with van der Waals surface area (Å²) in [6.07, 6.45) is -0.936. The number of aliphatic imine (C=N–C) groups is 1. The lowest BCUT2D eigenvalue weighted by Gasteiger charge is -2.35. The molecule has 1 atom stereocenters. The van der Waals surface area contributed by atoms with Gasteiger partial charge >= 0.3 is 19.2 Å². The van der Waals surface area contributed by atoms with E-state index in [1.807, 2.05) is 27.7 Å². The Kier molecular flexibility index (Phi) is 8.46. The van der Waals surface area contributed by atoms with E-state index < -0.39 is 65.6 Å². The highest BCUT2D eigenvalue weighted by molar-refractivity contribution is 7.89. The van der Waals surface area contributed by atoms with Gasteiger partial charge in [0.15, 0.2) is 0 Å². The highest BCUT2D eigenvalue weighted by atomic mass is 32.2. The van der Waals surface area contributed by atoms with Crippen molar-refractivity contribution in [2.75, 3.05) is 26.1 Å². The predicted molar refractivity (Wildman–Crippen MR) is 147 cm³/mol. The number of amides is 1. The van der Waals surface area contributed by atoms with Crippen LogP contribution in [0.5, 0.6) is 0 Å². The number of benzene rings is 1. The van der Waals surface area contributed by atoms with Crippen molar-refractivity contribution in [3.63, 3.8) is 0 Å². The van der Waals surface area contributed by atoms with Gasteiger partial charge in [0.25, 0.3) is 0 Å². The predicted octanol–water partition coefficient (Wildman–Crippen LogP) is 3.01. The monoisotopic (exact) mass is 571 g/mol. The minimum absolute atomic E-state index is 0.0116. The molecule has 1 aromatic carbocycles. The third-order valence-electron chi connectivity index (χ3n) is 7.09. The quantitative estimate of drug-likeness (QED) is 0.304. The maximum Gasteiger partial charge on any atom is 0.494 e. The van der Waals surface area contributed by atoms with E-state index in [-0.39, 0.29) is 12.3 Å². The van der Waals surface area contributed by atoms with Crippen LogP contribution in [0.15, 0.2) is 23.2 Å². The first-order valence-corrected chi connectivity index (χ1v) is 17.8. The number of halogens is 1. The van der Waals surface area contributed by atoms with Crippen LogP contribution in [0.4, 0.5) is 9.18 Å². The largest absolute Gasteiger partial charge is 0.494 e. The van der Waals surface area contributed by atoms with Gasteiger partial charge in [-0.1, -0.05) is 31.8 Å². The van der Waals surface area contributed by atoms with Crippen molar-refractivity contribution in [1.29, 1.82) is 0 Å². The summed E-state index contributed by atoms with van der Waals surface area (Å²) in [5.74, 6) is -1.19. The molecule has 0 spiro atoms. The summed E-state index contributed by atoms with van der Waals surface area (Å²) in [6.45, 7) is 16.1. The summed E-state index contributed by atoms with van der Waals surface area (Å²) in [5, 5.41) is 2.43. The fourth-order valence-electron chi connectivity index (χ4n) is 3.87. The highest BCUT2D eigenvalue weighted by Crippen LogP contribution is 2.38. The van der Waals surface area contributed by atoms with Crippen molar-refractivity contribution in [1.82, 2.24) is 9.62 Å². The van der Waals surface area contributed by atoms with Crippen molar-refractivity contribution in [2.45, 2.75) is 77.0 Å². The first kappa shape index (κ1) is 30.5. The second-order valence-electron chi connectivity index (χ2n) is 12.1. The lowest BCUT2D eigenvalue weighted by Crippen LogP contribution is -2.50. The Morgan fingerprint density at radius 3 is 2.37 bits per heavy atom. The van der Waals surface area contributed by atoms with E-state index in [2.05, 4.69) is 30.0 Å². The van der Waals surface area contributed by atoms with Gasteiger partial charge in [0.1, 0.15) is 18.1 Å². The number of rotatable bonds is 7. The molecule has 10 nitrogen and oxygen atoms in total. The third-order valence-corrected chi connectivity index (χ3v) is 10.7. The molecule has 1 fully saturated rings. The van der Waals surface area contributed by atoms with Gasteiger partial charge in [0, 0.05) is 27.3 Å². The second kappa shape index (κ2) is 10.5. The average molecular weight is 572 g/mol. The van der Waals surface area contributed by atoms with Gasteiger partial charge in [0.05, 0.1) is 17.0 Å². The van der Waals surface area contributed by atoms with Crippen molar-refractivity contribution >= 4 is 42.8 Å². The van der Waals surface area contributed by atoms with E-state index in [0.717, 1.165) is 10.3 Å².